The van der Waals surface area contributed by atoms with Crippen molar-refractivity contribution in [2.45, 2.75) is 103 Å². The molecule has 0 spiro atoms. The molecule has 0 saturated heterocycles. The van der Waals surface area contributed by atoms with E-state index in [1.165, 1.54) is 49.5 Å². The van der Waals surface area contributed by atoms with Crippen LogP contribution in [0.2, 0.25) is 0 Å². The molecule has 0 aromatic carbocycles. The van der Waals surface area contributed by atoms with Gasteiger partial charge in [0.05, 0.1) is 13.2 Å². The van der Waals surface area contributed by atoms with Crippen molar-refractivity contribution in [3.63, 3.8) is 0 Å². The third kappa shape index (κ3) is 3.90. The Kier molecular flexibility index (Phi) is 6.42. The molecule has 3 fully saturated rings. The van der Waals surface area contributed by atoms with E-state index in [1.807, 2.05) is 6.92 Å². The van der Waals surface area contributed by atoms with Gasteiger partial charge in [0.1, 0.15) is 11.3 Å². The van der Waals surface area contributed by atoms with Gasteiger partial charge in [0.2, 0.25) is 0 Å². The number of aromatic amines is 1. The lowest BCUT2D eigenvalue weighted by Crippen LogP contribution is -2.44. The summed E-state index contributed by atoms with van der Waals surface area (Å²) >= 11 is 0. The summed E-state index contributed by atoms with van der Waals surface area (Å²) in [5.74, 6) is 0.918. The first-order valence-corrected chi connectivity index (χ1v) is 12.2. The van der Waals surface area contributed by atoms with Crippen molar-refractivity contribution < 1.29 is 4.74 Å². The zero-order valence-electron chi connectivity index (χ0n) is 19.5. The molecule has 2 bridgehead atoms. The minimum atomic E-state index is -0.283. The van der Waals surface area contributed by atoms with Gasteiger partial charge >= 0.3 is 5.69 Å². The predicted octanol–water partition coefficient (Wildman–Crippen LogP) is 4.12. The molecule has 0 unspecified atom stereocenters. The number of nitrogens with one attached hydrogen (secondary N) is 1. The number of ether oxygens (including phenoxy) is 1. The minimum Gasteiger partial charge on any atom is -0.383 e. The van der Waals surface area contributed by atoms with E-state index in [4.69, 9.17) is 9.72 Å². The van der Waals surface area contributed by atoms with Crippen LogP contribution >= 0.6 is 0 Å². The second-order valence-electron chi connectivity index (χ2n) is 9.91. The maximum Gasteiger partial charge on any atom is 0.332 e. The van der Waals surface area contributed by atoms with E-state index in [0.717, 1.165) is 31.5 Å². The van der Waals surface area contributed by atoms with Crippen molar-refractivity contribution in [3.05, 3.63) is 26.7 Å². The molecule has 7 nitrogen and oxygen atoms in total. The quantitative estimate of drug-likeness (QED) is 0.575. The van der Waals surface area contributed by atoms with Crippen LogP contribution in [0.15, 0.2) is 9.59 Å². The van der Waals surface area contributed by atoms with E-state index >= 15 is 0 Å². The molecule has 2 aromatic heterocycles. The van der Waals surface area contributed by atoms with Gasteiger partial charge in [-0.2, -0.15) is 0 Å². The summed E-state index contributed by atoms with van der Waals surface area (Å²) in [6, 6.07) is 0. The van der Waals surface area contributed by atoms with E-state index in [0.29, 0.717) is 36.3 Å². The molecule has 2 heterocycles. The van der Waals surface area contributed by atoms with Crippen molar-refractivity contribution >= 4 is 11.2 Å². The summed E-state index contributed by atoms with van der Waals surface area (Å²) in [5, 5.41) is 0. The molecule has 2 aromatic rings. The van der Waals surface area contributed by atoms with E-state index in [2.05, 4.69) is 11.9 Å². The van der Waals surface area contributed by atoms with Crippen LogP contribution in [0.25, 0.3) is 11.2 Å². The monoisotopic (exact) mass is 430 g/mol. The van der Waals surface area contributed by atoms with Crippen molar-refractivity contribution in [2.24, 2.45) is 5.41 Å². The SMILES string of the molecule is CCCCCC12CCC(c3nc4c([nH]3)c(=O)n(CCC)c(=O)n4CCOC)(CC1)CC2. The average Bonchev–Trinajstić information content (AvgIpc) is 3.24. The Morgan fingerprint density at radius 3 is 2.29 bits per heavy atom. The number of imidazole rings is 1. The number of H-pyrrole nitrogens is 1. The first-order valence-electron chi connectivity index (χ1n) is 12.2. The topological polar surface area (TPSA) is 81.9 Å². The maximum atomic E-state index is 13.1. The molecule has 3 aliphatic carbocycles. The van der Waals surface area contributed by atoms with Crippen LogP contribution in [0.5, 0.6) is 0 Å². The fourth-order valence-electron chi connectivity index (χ4n) is 5.97. The third-order valence-electron chi connectivity index (χ3n) is 8.04. The van der Waals surface area contributed by atoms with Gasteiger partial charge in [-0.1, -0.05) is 33.1 Å². The van der Waals surface area contributed by atoms with Gasteiger partial charge in [-0.05, 0) is 56.8 Å². The van der Waals surface area contributed by atoms with Crippen molar-refractivity contribution in [1.29, 1.82) is 0 Å². The van der Waals surface area contributed by atoms with Crippen molar-refractivity contribution in [2.75, 3.05) is 13.7 Å². The molecule has 3 saturated carbocycles. The fourth-order valence-corrected chi connectivity index (χ4v) is 5.97. The molecule has 0 aliphatic heterocycles. The molecule has 1 N–H and O–H groups in total. The number of hydrogen-bond donors (Lipinski definition) is 1. The molecule has 0 radical (unpaired) electrons. The van der Waals surface area contributed by atoms with Crippen molar-refractivity contribution in [3.8, 4) is 0 Å². The summed E-state index contributed by atoms with van der Waals surface area (Å²) in [6.07, 6.45) is 13.2. The first-order chi connectivity index (χ1) is 15.0. The highest BCUT2D eigenvalue weighted by molar-refractivity contribution is 5.70. The smallest absolute Gasteiger partial charge is 0.332 e. The standard InChI is InChI=1S/C24H38N4O3/c1-4-6-7-8-23-9-12-24(13-10-23,14-11-23)21-25-18-19(26-21)27(16-17-31-3)22(30)28(15-5-2)20(18)29/h4-17H2,1-3H3,(H,25,26). The molecule has 5 rings (SSSR count). The Morgan fingerprint density at radius 2 is 1.68 bits per heavy atom. The van der Waals surface area contributed by atoms with E-state index in [1.54, 1.807) is 11.7 Å². The molecule has 31 heavy (non-hydrogen) atoms. The van der Waals surface area contributed by atoms with Crippen LogP contribution in [-0.4, -0.2) is 32.8 Å². The van der Waals surface area contributed by atoms with Gasteiger partial charge < -0.3 is 9.72 Å². The van der Waals surface area contributed by atoms with Crippen LogP contribution in [-0.2, 0) is 23.2 Å². The normalized spacial score (nSPS) is 25.5. The number of fused-ring (bicyclic) bond motifs is 4. The lowest BCUT2D eigenvalue weighted by molar-refractivity contribution is 0.0269. The average molecular weight is 431 g/mol. The second kappa shape index (κ2) is 8.93. The fraction of sp³-hybridized carbons (Fsp3) is 0.792. The zero-order chi connectivity index (χ0) is 22.1. The lowest BCUT2D eigenvalue weighted by Gasteiger charge is -2.53. The zero-order valence-corrected chi connectivity index (χ0v) is 19.5. The Morgan fingerprint density at radius 1 is 0.968 bits per heavy atom. The summed E-state index contributed by atoms with van der Waals surface area (Å²) < 4.78 is 8.18. The molecular formula is C24H38N4O3. The van der Waals surface area contributed by atoms with Gasteiger partial charge in [0.25, 0.3) is 5.56 Å². The first kappa shape index (κ1) is 22.3. The number of unbranched alkanes of at least 4 members (excludes halogenated alkanes) is 2. The number of rotatable bonds is 10. The largest absolute Gasteiger partial charge is 0.383 e. The lowest BCUT2D eigenvalue weighted by atomic mass is 9.52. The number of nitrogens with zero attached hydrogens (tertiary/aromatic N) is 3. The number of methoxy groups -OCH3 is 1. The van der Waals surface area contributed by atoms with E-state index in [9.17, 15) is 9.59 Å². The molecule has 172 valence electrons. The van der Waals surface area contributed by atoms with Crippen LogP contribution in [0.1, 0.15) is 90.3 Å². The molecular weight excluding hydrogens is 392 g/mol. The van der Waals surface area contributed by atoms with Crippen LogP contribution in [0.4, 0.5) is 0 Å². The van der Waals surface area contributed by atoms with Gasteiger partial charge in [0, 0.05) is 19.1 Å². The molecule has 7 heteroatoms. The summed E-state index contributed by atoms with van der Waals surface area (Å²) in [4.78, 5) is 34.5. The van der Waals surface area contributed by atoms with Gasteiger partial charge in [0.15, 0.2) is 5.65 Å². The molecule has 3 aliphatic rings. The Balaban J connectivity index is 1.69. The molecule has 0 amide bonds. The van der Waals surface area contributed by atoms with Gasteiger partial charge in [-0.15, -0.1) is 0 Å². The highest BCUT2D eigenvalue weighted by atomic mass is 16.5. The minimum absolute atomic E-state index is 0.0235. The van der Waals surface area contributed by atoms with E-state index < -0.39 is 0 Å². The predicted molar refractivity (Wildman–Crippen MR) is 123 cm³/mol. The van der Waals surface area contributed by atoms with Crippen molar-refractivity contribution in [1.82, 2.24) is 19.1 Å². The second-order valence-corrected chi connectivity index (χ2v) is 9.91. The van der Waals surface area contributed by atoms with Crippen LogP contribution in [0, 0.1) is 5.41 Å². The Hall–Kier alpha value is -1.89. The Bertz CT molecular complexity index is 1010. The highest BCUT2D eigenvalue weighted by Gasteiger charge is 2.50. The van der Waals surface area contributed by atoms with Gasteiger partial charge in [-0.25, -0.2) is 9.78 Å². The van der Waals surface area contributed by atoms with Crippen LogP contribution < -0.4 is 11.2 Å². The Labute approximate surface area is 184 Å². The maximum absolute atomic E-state index is 13.1. The summed E-state index contributed by atoms with van der Waals surface area (Å²) in [5.41, 5.74) is 0.987. The summed E-state index contributed by atoms with van der Waals surface area (Å²) in [6.45, 7) is 5.47. The third-order valence-corrected chi connectivity index (χ3v) is 8.04. The number of aromatic nitrogens is 4. The van der Waals surface area contributed by atoms with E-state index in [-0.39, 0.29) is 16.7 Å². The summed E-state index contributed by atoms with van der Waals surface area (Å²) in [7, 11) is 1.62. The molecule has 0 atom stereocenters. The highest BCUT2D eigenvalue weighted by Crippen LogP contribution is 2.59. The van der Waals surface area contributed by atoms with Crippen LogP contribution in [0.3, 0.4) is 0 Å². The number of hydrogen-bond acceptors (Lipinski definition) is 4. The van der Waals surface area contributed by atoms with Gasteiger partial charge in [-0.3, -0.25) is 13.9 Å².